The summed E-state index contributed by atoms with van der Waals surface area (Å²) in [6.45, 7) is 5.55. The molecule has 12 nitrogen and oxygen atoms in total. The lowest BCUT2D eigenvalue weighted by Gasteiger charge is -2.40. The maximum absolute atomic E-state index is 13.0. The van der Waals surface area contributed by atoms with Crippen molar-refractivity contribution in [2.45, 2.75) is 212 Å². The second kappa shape index (κ2) is 44.6. The molecule has 12 heteroatoms. The fourth-order valence-corrected chi connectivity index (χ4v) is 6.98. The Balaban J connectivity index is 2.85. The van der Waals surface area contributed by atoms with E-state index in [1.54, 1.807) is 6.08 Å². The number of esters is 3. The molecule has 69 heavy (non-hydrogen) atoms. The summed E-state index contributed by atoms with van der Waals surface area (Å²) in [5.74, 6) is -3.41. The van der Waals surface area contributed by atoms with Crippen molar-refractivity contribution in [3.05, 3.63) is 109 Å². The number of unbranched alkanes of at least 4 members (excludes halogenated alkanes) is 10. The van der Waals surface area contributed by atoms with Crippen LogP contribution in [-0.4, -0.2) is 89.2 Å². The third-order valence-corrected chi connectivity index (χ3v) is 10.9. The van der Waals surface area contributed by atoms with Crippen LogP contribution < -0.4 is 0 Å². The van der Waals surface area contributed by atoms with Crippen molar-refractivity contribution < 1.29 is 58.2 Å². The van der Waals surface area contributed by atoms with Gasteiger partial charge in [-0.2, -0.15) is 0 Å². The van der Waals surface area contributed by atoms with Crippen molar-refractivity contribution in [2.24, 2.45) is 0 Å². The summed E-state index contributed by atoms with van der Waals surface area (Å²) in [7, 11) is 0. The largest absolute Gasteiger partial charge is 0.479 e. The highest BCUT2D eigenvalue weighted by atomic mass is 16.7. The van der Waals surface area contributed by atoms with Gasteiger partial charge in [0.15, 0.2) is 24.6 Å². The van der Waals surface area contributed by atoms with E-state index < -0.39 is 73.9 Å². The molecule has 1 rings (SSSR count). The van der Waals surface area contributed by atoms with Crippen LogP contribution in [0.4, 0.5) is 0 Å². The first kappa shape index (κ1) is 62.4. The summed E-state index contributed by atoms with van der Waals surface area (Å²) in [6, 6.07) is 0. The van der Waals surface area contributed by atoms with Gasteiger partial charge in [-0.1, -0.05) is 194 Å². The number of aliphatic carboxylic acids is 1. The molecule has 1 heterocycles. The minimum atomic E-state index is -1.92. The Morgan fingerprint density at radius 1 is 0.507 bits per heavy atom. The quantitative estimate of drug-likeness (QED) is 0.0229. The number of hydrogen-bond acceptors (Lipinski definition) is 11. The van der Waals surface area contributed by atoms with Gasteiger partial charge in [0.1, 0.15) is 18.8 Å². The molecule has 1 saturated heterocycles. The molecule has 1 fully saturated rings. The molecule has 0 aromatic carbocycles. The number of allylic oxidation sites excluding steroid dienone is 17. The molecule has 0 aromatic rings. The van der Waals surface area contributed by atoms with E-state index in [1.807, 2.05) is 36.5 Å². The number of carbonyl (C=O) groups is 4. The number of carboxylic acids is 1. The fourth-order valence-electron chi connectivity index (χ4n) is 6.98. The van der Waals surface area contributed by atoms with E-state index in [0.29, 0.717) is 25.7 Å². The molecule has 0 spiro atoms. The Morgan fingerprint density at radius 2 is 0.957 bits per heavy atom. The Labute approximate surface area is 415 Å². The van der Waals surface area contributed by atoms with Crippen molar-refractivity contribution in [1.29, 1.82) is 0 Å². The smallest absolute Gasteiger partial charge is 0.335 e. The van der Waals surface area contributed by atoms with Gasteiger partial charge in [-0.25, -0.2) is 4.79 Å². The molecule has 0 saturated carbocycles. The zero-order chi connectivity index (χ0) is 50.4. The van der Waals surface area contributed by atoms with E-state index in [9.17, 15) is 34.5 Å². The molecule has 388 valence electrons. The number of carbonyl (C=O) groups excluding carboxylic acids is 3. The Bertz CT molecular complexity index is 1620. The predicted octanol–water partition coefficient (Wildman–Crippen LogP) is 12.3. The number of hydrogen-bond donors (Lipinski definition) is 3. The number of ether oxygens (including phenoxy) is 5. The summed E-state index contributed by atoms with van der Waals surface area (Å²) < 4.78 is 28.0. The highest BCUT2D eigenvalue weighted by Gasteiger charge is 2.50. The molecule has 3 N–H and O–H groups in total. The lowest BCUT2D eigenvalue weighted by atomic mass is 9.98. The minimum Gasteiger partial charge on any atom is -0.479 e. The summed E-state index contributed by atoms with van der Waals surface area (Å²) >= 11 is 0. The second-order valence-corrected chi connectivity index (χ2v) is 17.1. The predicted molar refractivity (Wildman–Crippen MR) is 275 cm³/mol. The van der Waals surface area contributed by atoms with E-state index in [2.05, 4.69) is 87.6 Å². The van der Waals surface area contributed by atoms with Crippen molar-refractivity contribution in [3.63, 3.8) is 0 Å². The van der Waals surface area contributed by atoms with Gasteiger partial charge >= 0.3 is 23.9 Å². The van der Waals surface area contributed by atoms with Crippen LogP contribution in [0.1, 0.15) is 175 Å². The van der Waals surface area contributed by atoms with Crippen LogP contribution in [0.5, 0.6) is 0 Å². The van der Waals surface area contributed by atoms with E-state index >= 15 is 0 Å². The lowest BCUT2D eigenvalue weighted by Crippen LogP contribution is -2.61. The average Bonchev–Trinajstić information content (AvgIpc) is 3.33. The van der Waals surface area contributed by atoms with Crippen molar-refractivity contribution >= 4 is 23.9 Å². The van der Waals surface area contributed by atoms with Gasteiger partial charge in [-0.15, -0.1) is 0 Å². The Hall–Kier alpha value is -4.62. The minimum absolute atomic E-state index is 0.0178. The van der Waals surface area contributed by atoms with Gasteiger partial charge in [0, 0.05) is 12.8 Å². The Morgan fingerprint density at radius 3 is 1.43 bits per heavy atom. The SMILES string of the molecule is CC/C=C\C/C=C\C/C=C\C/C=C\C/C=C\CC(=O)OCC(COC1OC(C(=O)O)C(O)C(O)C1OC(=O)CCCCCCCCCCCCC)OC(=O)CC/C=C\C/C=C\C/C=C\C/C=C\CC. The molecule has 0 bridgehead atoms. The fraction of sp³-hybridized carbons (Fsp3) is 0.614. The van der Waals surface area contributed by atoms with Crippen LogP contribution in [0, 0.1) is 0 Å². The maximum Gasteiger partial charge on any atom is 0.335 e. The number of rotatable bonds is 41. The summed E-state index contributed by atoms with van der Waals surface area (Å²) in [5.41, 5.74) is 0. The van der Waals surface area contributed by atoms with Crippen LogP contribution in [0.15, 0.2) is 109 Å². The van der Waals surface area contributed by atoms with E-state index in [1.165, 1.54) is 38.5 Å². The van der Waals surface area contributed by atoms with Crippen LogP contribution in [-0.2, 0) is 42.9 Å². The first-order valence-corrected chi connectivity index (χ1v) is 25.9. The molecular formula is C57H88O12. The topological polar surface area (TPSA) is 175 Å². The van der Waals surface area contributed by atoms with Crippen LogP contribution >= 0.6 is 0 Å². The van der Waals surface area contributed by atoms with E-state index in [0.717, 1.165) is 70.6 Å². The molecule has 1 aliphatic heterocycles. The average molecular weight is 965 g/mol. The second-order valence-electron chi connectivity index (χ2n) is 17.1. The molecule has 0 aliphatic carbocycles. The lowest BCUT2D eigenvalue weighted by molar-refractivity contribution is -0.301. The van der Waals surface area contributed by atoms with Gasteiger partial charge < -0.3 is 39.0 Å². The first-order chi connectivity index (χ1) is 33.6. The van der Waals surface area contributed by atoms with Crippen LogP contribution in [0.2, 0.25) is 0 Å². The van der Waals surface area contributed by atoms with Gasteiger partial charge in [-0.3, -0.25) is 14.4 Å². The van der Waals surface area contributed by atoms with Gasteiger partial charge in [0.05, 0.1) is 13.0 Å². The molecule has 6 unspecified atom stereocenters. The third-order valence-electron chi connectivity index (χ3n) is 10.9. The first-order valence-electron chi connectivity index (χ1n) is 25.9. The normalized spacial score (nSPS) is 19.6. The zero-order valence-corrected chi connectivity index (χ0v) is 42.3. The number of aliphatic hydroxyl groups is 2. The van der Waals surface area contributed by atoms with Crippen LogP contribution in [0.25, 0.3) is 0 Å². The highest BCUT2D eigenvalue weighted by Crippen LogP contribution is 2.26. The molecule has 1 aliphatic rings. The molecule has 6 atom stereocenters. The summed E-state index contributed by atoms with van der Waals surface area (Å²) in [5, 5.41) is 31.3. The molecule has 0 radical (unpaired) electrons. The summed E-state index contributed by atoms with van der Waals surface area (Å²) in [4.78, 5) is 50.7. The van der Waals surface area contributed by atoms with Crippen molar-refractivity contribution in [3.8, 4) is 0 Å². The van der Waals surface area contributed by atoms with Crippen molar-refractivity contribution in [1.82, 2.24) is 0 Å². The molecular weight excluding hydrogens is 877 g/mol. The Kier molecular flexibility index (Phi) is 40.3. The number of aliphatic hydroxyl groups excluding tert-OH is 2. The van der Waals surface area contributed by atoms with Crippen LogP contribution in [0.3, 0.4) is 0 Å². The molecule has 0 aromatic heterocycles. The highest BCUT2D eigenvalue weighted by molar-refractivity contribution is 5.74. The van der Waals surface area contributed by atoms with Gasteiger partial charge in [0.2, 0.25) is 0 Å². The van der Waals surface area contributed by atoms with E-state index in [-0.39, 0.29) is 19.3 Å². The van der Waals surface area contributed by atoms with Gasteiger partial charge in [0.25, 0.3) is 0 Å². The third kappa shape index (κ3) is 35.2. The maximum atomic E-state index is 13.0. The number of carboxylic acid groups (broad SMARTS) is 1. The summed E-state index contributed by atoms with van der Waals surface area (Å²) in [6.07, 6.45) is 47.0. The zero-order valence-electron chi connectivity index (χ0n) is 42.3. The molecule has 0 amide bonds. The monoisotopic (exact) mass is 965 g/mol. The van der Waals surface area contributed by atoms with E-state index in [4.69, 9.17) is 23.7 Å². The van der Waals surface area contributed by atoms with Crippen molar-refractivity contribution in [2.75, 3.05) is 13.2 Å². The standard InChI is InChI=1S/C57H88O12/c1-4-7-10-13-16-19-22-24-25-27-29-31-34-37-40-43-49(58)65-46-48(67-50(59)44-41-38-35-33-30-26-23-20-17-14-11-8-5-2)47-66-57-55(53(62)52(61)54(69-57)56(63)64)68-51(60)45-42-39-36-32-28-21-18-15-12-9-6-3/h7-8,10-11,16-17,19-20,24-26,29-31,35,37-38,40,48,52-55,57,61-62H,4-6,9,12-15,18,21-23,27-28,32-34,36,39,41-47H2,1-3H3,(H,63,64)/b10-7-,11-8-,19-16-,20-17-,25-24-,30-26-,31-29-,38-35-,40-37-. The van der Waals surface area contributed by atoms with Gasteiger partial charge in [-0.05, 0) is 70.6 Å².